The summed E-state index contributed by atoms with van der Waals surface area (Å²) in [5.41, 5.74) is 5.09. The summed E-state index contributed by atoms with van der Waals surface area (Å²) in [7, 11) is 0. The fourth-order valence-electron chi connectivity index (χ4n) is 7.21. The van der Waals surface area contributed by atoms with Crippen LogP contribution < -0.4 is 5.73 Å². The smallest absolute Gasteiger partial charge is 0.335 e. The predicted octanol–water partition coefficient (Wildman–Crippen LogP) is -8.20. The molecule has 8 aliphatic heterocycles. The van der Waals surface area contributed by atoms with E-state index in [0.717, 1.165) is 0 Å². The first-order valence-corrected chi connectivity index (χ1v) is 17.8. The number of alkyl halides is 2. The highest BCUT2D eigenvalue weighted by atomic mass is 19.3. The van der Waals surface area contributed by atoms with E-state index in [1.54, 1.807) is 0 Å². The van der Waals surface area contributed by atoms with Crippen molar-refractivity contribution in [3.05, 3.63) is 0 Å². The van der Waals surface area contributed by atoms with E-state index in [2.05, 4.69) is 0 Å². The largest absolute Gasteiger partial charge is 0.479 e. The van der Waals surface area contributed by atoms with Gasteiger partial charge in [-0.3, -0.25) is 0 Å². The Morgan fingerprint density at radius 2 is 1.02 bits per heavy atom. The normalized spacial score (nSPS) is 54.3. The molecule has 0 aliphatic carbocycles. The standard InChI is InChI=1S/C30H43F2NO24/c31-30(32,2-33)3-45-25-15(10(40)17-27(51-17)56-25)50-28-16(11(41)18-29(52-18)57-28)48-24-12(42)13(47-22-8(38)6(36)5(35)4(1-34)46-22)19(20(54-24)21(43)44)53-23-9(39)7(37)14-26(49-14)55-23/h4-20,22-29,34-42H,1-3,33H2,(H,43,44). The second-order valence-electron chi connectivity index (χ2n) is 14.6. The highest BCUT2D eigenvalue weighted by molar-refractivity contribution is 5.73. The Kier molecular flexibility index (Phi) is 11.8. The van der Waals surface area contributed by atoms with Crippen molar-refractivity contribution >= 4 is 5.97 Å². The van der Waals surface area contributed by atoms with E-state index < -0.39 is 186 Å². The molecule has 8 aliphatic rings. The number of halogens is 2. The molecule has 0 aromatic carbocycles. The van der Waals surface area contributed by atoms with Crippen LogP contribution in [0, 0.1) is 0 Å². The number of hydrogen-bond acceptors (Lipinski definition) is 24. The molecule has 27 heteroatoms. The second-order valence-corrected chi connectivity index (χ2v) is 14.6. The third-order valence-corrected chi connectivity index (χ3v) is 10.6. The van der Waals surface area contributed by atoms with Gasteiger partial charge in [-0.05, 0) is 0 Å². The monoisotopic (exact) mass is 839 g/mol. The van der Waals surface area contributed by atoms with Crippen LogP contribution in [-0.4, -0.2) is 237 Å². The van der Waals surface area contributed by atoms with Gasteiger partial charge in [0, 0.05) is 0 Å². The molecule has 0 spiro atoms. The Hall–Kier alpha value is -1.59. The van der Waals surface area contributed by atoms with Gasteiger partial charge < -0.3 is 118 Å². The number of carbonyl (C=O) groups is 1. The fourth-order valence-corrected chi connectivity index (χ4v) is 7.21. The van der Waals surface area contributed by atoms with Gasteiger partial charge in [0.2, 0.25) is 0 Å². The number of rotatable bonds is 14. The molecule has 0 radical (unpaired) electrons. The molecule has 8 heterocycles. The molecule has 0 bridgehead atoms. The van der Waals surface area contributed by atoms with Crippen molar-refractivity contribution in [2.45, 2.75) is 160 Å². The maximum atomic E-state index is 14.0. The van der Waals surface area contributed by atoms with Gasteiger partial charge >= 0.3 is 5.97 Å². The van der Waals surface area contributed by atoms with E-state index in [0.29, 0.717) is 0 Å². The Morgan fingerprint density at radius 1 is 0.544 bits per heavy atom. The third kappa shape index (κ3) is 8.15. The number of aliphatic hydroxyl groups is 9. The molecular formula is C30H43F2NO24. The molecule has 326 valence electrons. The molecular weight excluding hydrogens is 796 g/mol. The van der Waals surface area contributed by atoms with Gasteiger partial charge in [0.05, 0.1) is 13.2 Å². The number of nitrogens with two attached hydrogens (primary N) is 1. The van der Waals surface area contributed by atoms with Gasteiger partial charge in [-0.1, -0.05) is 0 Å². The molecule has 0 aromatic rings. The van der Waals surface area contributed by atoms with Gasteiger partial charge in [-0.2, -0.15) is 0 Å². The van der Waals surface area contributed by atoms with E-state index >= 15 is 0 Å². The first-order chi connectivity index (χ1) is 27.0. The summed E-state index contributed by atoms with van der Waals surface area (Å²) < 4.78 is 99.8. The molecule has 8 fully saturated rings. The SMILES string of the molecule is NCC(F)(F)COC1OC2OC2C(O)C1OC1OC2OC2C(O)C1OC1OC(C(=O)O)C(OC2OC3OC3C(O)C2O)C(OC2OC(CO)C(O)C(O)C2O)C1O. The van der Waals surface area contributed by atoms with Crippen LogP contribution in [0.1, 0.15) is 0 Å². The summed E-state index contributed by atoms with van der Waals surface area (Å²) in [5.74, 6) is -5.33. The molecule has 12 N–H and O–H groups in total. The van der Waals surface area contributed by atoms with Crippen molar-refractivity contribution in [2.75, 3.05) is 19.8 Å². The van der Waals surface area contributed by atoms with Crippen LogP contribution >= 0.6 is 0 Å². The Bertz CT molecular complexity index is 1440. The molecule has 8 saturated heterocycles. The maximum absolute atomic E-state index is 14.0. The molecule has 0 saturated carbocycles. The van der Waals surface area contributed by atoms with E-state index in [4.69, 9.17) is 67.3 Å². The van der Waals surface area contributed by atoms with Crippen molar-refractivity contribution in [3.63, 3.8) is 0 Å². The van der Waals surface area contributed by atoms with Gasteiger partial charge in [0.15, 0.2) is 56.4 Å². The van der Waals surface area contributed by atoms with Crippen molar-refractivity contribution in [1.29, 1.82) is 0 Å². The van der Waals surface area contributed by atoms with Crippen LogP contribution in [-0.2, 0) is 66.4 Å². The van der Waals surface area contributed by atoms with Crippen LogP contribution in [0.25, 0.3) is 0 Å². The Balaban J connectivity index is 1.05. The van der Waals surface area contributed by atoms with Crippen LogP contribution in [0.3, 0.4) is 0 Å². The molecule has 8 rings (SSSR count). The predicted molar refractivity (Wildman–Crippen MR) is 160 cm³/mol. The van der Waals surface area contributed by atoms with E-state index in [9.17, 15) is 64.6 Å². The molecule has 25 atom stereocenters. The highest BCUT2D eigenvalue weighted by Gasteiger charge is 2.64. The van der Waals surface area contributed by atoms with Crippen molar-refractivity contribution in [3.8, 4) is 0 Å². The topological polar surface area (TPSA) is 375 Å². The molecule has 0 aromatic heterocycles. The van der Waals surface area contributed by atoms with Crippen molar-refractivity contribution in [1.82, 2.24) is 0 Å². The van der Waals surface area contributed by atoms with Crippen LogP contribution in [0.15, 0.2) is 0 Å². The summed E-state index contributed by atoms with van der Waals surface area (Å²) in [4.78, 5) is 12.8. The lowest BCUT2D eigenvalue weighted by Crippen LogP contribution is -2.68. The number of carboxylic acid groups (broad SMARTS) is 1. The summed E-state index contributed by atoms with van der Waals surface area (Å²) in [6, 6.07) is 0. The summed E-state index contributed by atoms with van der Waals surface area (Å²) in [6.45, 7) is -3.27. The van der Waals surface area contributed by atoms with Crippen LogP contribution in [0.2, 0.25) is 0 Å². The number of epoxide rings is 3. The minimum atomic E-state index is -3.52. The first-order valence-electron chi connectivity index (χ1n) is 17.8. The summed E-state index contributed by atoms with van der Waals surface area (Å²) in [6.07, 6.45) is -42.2. The highest BCUT2D eigenvalue weighted by Crippen LogP contribution is 2.44. The van der Waals surface area contributed by atoms with Gasteiger partial charge in [-0.25, -0.2) is 13.6 Å². The number of aliphatic carboxylic acids is 1. The first kappa shape index (κ1) is 42.1. The molecule has 0 amide bonds. The lowest BCUT2D eigenvalue weighted by Gasteiger charge is -2.48. The Labute approximate surface area is 318 Å². The number of hydrogen-bond donors (Lipinski definition) is 11. The van der Waals surface area contributed by atoms with E-state index in [-0.39, 0.29) is 0 Å². The molecule has 25 nitrogen and oxygen atoms in total. The van der Waals surface area contributed by atoms with Gasteiger partial charge in [0.25, 0.3) is 5.92 Å². The summed E-state index contributed by atoms with van der Waals surface area (Å²) in [5, 5.41) is 106. The number of ether oxygens (including phenoxy) is 13. The summed E-state index contributed by atoms with van der Waals surface area (Å²) >= 11 is 0. The number of fused-ring (bicyclic) bond motifs is 3. The number of carboxylic acids is 1. The maximum Gasteiger partial charge on any atom is 0.335 e. The Morgan fingerprint density at radius 3 is 1.61 bits per heavy atom. The van der Waals surface area contributed by atoms with Crippen LogP contribution in [0.4, 0.5) is 8.78 Å². The van der Waals surface area contributed by atoms with E-state index in [1.807, 2.05) is 0 Å². The zero-order valence-corrected chi connectivity index (χ0v) is 29.1. The zero-order valence-electron chi connectivity index (χ0n) is 29.1. The van der Waals surface area contributed by atoms with Crippen molar-refractivity contribution < 1.29 is 126 Å². The average Bonchev–Trinajstić information content (AvgIpc) is 4.07. The third-order valence-electron chi connectivity index (χ3n) is 10.6. The lowest BCUT2D eigenvalue weighted by atomic mass is 9.96. The minimum Gasteiger partial charge on any atom is -0.479 e. The minimum absolute atomic E-state index is 0.909. The van der Waals surface area contributed by atoms with E-state index in [1.165, 1.54) is 0 Å². The quantitative estimate of drug-likeness (QED) is 0.0724. The number of aliphatic hydroxyl groups excluding tert-OH is 9. The van der Waals surface area contributed by atoms with Gasteiger partial charge in [0.1, 0.15) is 104 Å². The molecule has 25 unspecified atom stereocenters. The van der Waals surface area contributed by atoms with Crippen LogP contribution in [0.5, 0.6) is 0 Å². The second kappa shape index (κ2) is 16.0. The van der Waals surface area contributed by atoms with Gasteiger partial charge in [-0.15, -0.1) is 0 Å². The lowest BCUT2D eigenvalue weighted by molar-refractivity contribution is -0.392. The zero-order chi connectivity index (χ0) is 40.8. The average molecular weight is 840 g/mol. The van der Waals surface area contributed by atoms with Crippen molar-refractivity contribution in [2.24, 2.45) is 5.73 Å². The fraction of sp³-hybridized carbons (Fsp3) is 0.967. The molecule has 57 heavy (non-hydrogen) atoms.